The summed E-state index contributed by atoms with van der Waals surface area (Å²) in [7, 11) is 0. The third kappa shape index (κ3) is 6.16. The molecule has 0 aromatic heterocycles. The maximum Gasteiger partial charge on any atom is 0.334 e. The maximum atomic E-state index is 11.6. The number of rotatable bonds is 6. The molecule has 0 aromatic carbocycles. The summed E-state index contributed by atoms with van der Waals surface area (Å²) in [5.74, 6) is -0.843. The smallest absolute Gasteiger partial charge is 0.334 e. The zero-order valence-electron chi connectivity index (χ0n) is 11.0. The summed E-state index contributed by atoms with van der Waals surface area (Å²) < 4.78 is 9.80. The predicted molar refractivity (Wildman–Crippen MR) is 60.9 cm³/mol. The van der Waals surface area contributed by atoms with E-state index in [-0.39, 0.29) is 26.2 Å². The van der Waals surface area contributed by atoms with Crippen LogP contribution in [0.15, 0.2) is 11.1 Å². The second kappa shape index (κ2) is 10.7. The normalized spacial score (nSPS) is 11.1. The minimum absolute atomic E-state index is 0. The number of hydrogen-bond donors (Lipinski definition) is 0. The Morgan fingerprint density at radius 3 is 1.24 bits per heavy atom. The summed E-state index contributed by atoms with van der Waals surface area (Å²) in [5.41, 5.74) is 0.839. The number of ether oxygens (including phenoxy) is 2. The van der Waals surface area contributed by atoms with Gasteiger partial charge in [-0.15, -0.1) is 0 Å². The molecule has 0 fully saturated rings. The van der Waals surface area contributed by atoms with Crippen LogP contribution >= 0.6 is 0 Å². The fourth-order valence-corrected chi connectivity index (χ4v) is 1.40. The molecule has 5 heteroatoms. The quantitative estimate of drug-likeness (QED) is 0.556. The predicted octanol–water partition coefficient (Wildman–Crippen LogP) is 2.23. The van der Waals surface area contributed by atoms with Crippen molar-refractivity contribution in [3.05, 3.63) is 11.1 Å². The number of carbonyl (C=O) groups excluding carboxylic acids is 2. The van der Waals surface area contributed by atoms with Crippen LogP contribution in [0.25, 0.3) is 0 Å². The molecule has 0 heterocycles. The minimum atomic E-state index is -0.421. The van der Waals surface area contributed by atoms with Gasteiger partial charge < -0.3 is 9.47 Å². The van der Waals surface area contributed by atoms with E-state index in [9.17, 15) is 9.59 Å². The summed E-state index contributed by atoms with van der Waals surface area (Å²) in [6.45, 7) is 7.73. The van der Waals surface area contributed by atoms with E-state index in [1.54, 1.807) is 13.8 Å². The summed E-state index contributed by atoms with van der Waals surface area (Å²) in [4.78, 5) is 23.2. The van der Waals surface area contributed by atoms with Crippen LogP contribution in [0.3, 0.4) is 0 Å². The second-order valence-electron chi connectivity index (χ2n) is 3.11. The van der Waals surface area contributed by atoms with E-state index in [1.165, 1.54) is 0 Å². The Bertz CT molecular complexity index is 256. The van der Waals surface area contributed by atoms with Gasteiger partial charge in [0.25, 0.3) is 0 Å². The third-order valence-electron chi connectivity index (χ3n) is 2.12. The summed E-state index contributed by atoms with van der Waals surface area (Å²) in [6.07, 6.45) is 0.946. The summed E-state index contributed by atoms with van der Waals surface area (Å²) in [6, 6.07) is 0. The average Bonchev–Trinajstić information content (AvgIpc) is 2.25. The van der Waals surface area contributed by atoms with E-state index < -0.39 is 11.9 Å². The van der Waals surface area contributed by atoms with Crippen molar-refractivity contribution in [3.63, 3.8) is 0 Å². The van der Waals surface area contributed by atoms with E-state index in [0.29, 0.717) is 37.2 Å². The zero-order chi connectivity index (χ0) is 12.6. The van der Waals surface area contributed by atoms with Crippen molar-refractivity contribution in [1.82, 2.24) is 0 Å². The van der Waals surface area contributed by atoms with Gasteiger partial charge in [0.15, 0.2) is 0 Å². The Morgan fingerprint density at radius 2 is 1.06 bits per heavy atom. The molecule has 0 radical (unpaired) electrons. The van der Waals surface area contributed by atoms with Crippen LogP contribution in [0, 0.1) is 0 Å². The molecule has 0 bridgehead atoms. The summed E-state index contributed by atoms with van der Waals surface area (Å²) in [5, 5.41) is 0. The third-order valence-corrected chi connectivity index (χ3v) is 2.12. The maximum absolute atomic E-state index is 11.6. The van der Waals surface area contributed by atoms with Gasteiger partial charge in [0, 0.05) is 37.3 Å². The SMILES string of the molecule is CCOC(=O)/C(CC)=C(\CC)C(=O)OCC.[Zr]. The van der Waals surface area contributed by atoms with Crippen LogP contribution in [0.1, 0.15) is 40.5 Å². The molecule has 0 unspecified atom stereocenters. The first-order valence-electron chi connectivity index (χ1n) is 5.68. The second-order valence-corrected chi connectivity index (χ2v) is 3.11. The van der Waals surface area contributed by atoms with E-state index in [0.717, 1.165) is 0 Å². The Kier molecular flexibility index (Phi) is 11.9. The molecule has 17 heavy (non-hydrogen) atoms. The molecule has 0 N–H and O–H groups in total. The van der Waals surface area contributed by atoms with Gasteiger partial charge in [0.05, 0.1) is 13.2 Å². The monoisotopic (exact) mass is 318 g/mol. The molecule has 0 aliphatic heterocycles. The Labute approximate surface area is 122 Å². The van der Waals surface area contributed by atoms with Crippen molar-refractivity contribution < 1.29 is 45.3 Å². The van der Waals surface area contributed by atoms with Gasteiger partial charge in [-0.05, 0) is 26.7 Å². The molecule has 0 saturated carbocycles. The molecule has 96 valence electrons. The molecule has 0 rings (SSSR count). The van der Waals surface area contributed by atoms with Crippen LogP contribution in [0.5, 0.6) is 0 Å². The first-order valence-corrected chi connectivity index (χ1v) is 5.68. The van der Waals surface area contributed by atoms with Gasteiger partial charge >= 0.3 is 11.9 Å². The molecule has 0 aromatic rings. The Balaban J connectivity index is 0. The number of esters is 2. The molecule has 0 amide bonds. The van der Waals surface area contributed by atoms with Gasteiger partial charge in [0.1, 0.15) is 0 Å². The largest absolute Gasteiger partial charge is 0.463 e. The van der Waals surface area contributed by atoms with E-state index in [4.69, 9.17) is 9.47 Å². The first kappa shape index (κ1) is 18.9. The number of carbonyl (C=O) groups is 2. The van der Waals surface area contributed by atoms with Gasteiger partial charge in [-0.3, -0.25) is 0 Å². The molecule has 4 nitrogen and oxygen atoms in total. The Morgan fingerprint density at radius 1 is 0.765 bits per heavy atom. The molecule has 0 saturated heterocycles. The molecule has 0 atom stereocenters. The van der Waals surface area contributed by atoms with Crippen LogP contribution in [-0.4, -0.2) is 25.2 Å². The zero-order valence-corrected chi connectivity index (χ0v) is 13.4. The van der Waals surface area contributed by atoms with E-state index >= 15 is 0 Å². The first-order chi connectivity index (χ1) is 7.62. The van der Waals surface area contributed by atoms with Crippen LogP contribution < -0.4 is 0 Å². The van der Waals surface area contributed by atoms with Crippen LogP contribution in [-0.2, 0) is 45.3 Å². The van der Waals surface area contributed by atoms with Crippen molar-refractivity contribution in [2.24, 2.45) is 0 Å². The molecular weight excluding hydrogens is 299 g/mol. The Hall–Kier alpha value is -0.437. The topological polar surface area (TPSA) is 52.6 Å². The fourth-order valence-electron chi connectivity index (χ4n) is 1.40. The standard InChI is InChI=1S/C12H20O4.Zr/c1-5-9(11(13)15-7-3)10(6-2)12(14)16-8-4;/h5-8H2,1-4H3;/b10-9+;. The van der Waals surface area contributed by atoms with Gasteiger partial charge in [-0.1, -0.05) is 13.8 Å². The molecule has 0 aliphatic carbocycles. The minimum Gasteiger partial charge on any atom is -0.463 e. The van der Waals surface area contributed by atoms with Gasteiger partial charge in [-0.25, -0.2) is 9.59 Å². The fraction of sp³-hybridized carbons (Fsp3) is 0.667. The molecule has 0 aliphatic rings. The number of hydrogen-bond acceptors (Lipinski definition) is 4. The molecule has 0 spiro atoms. The van der Waals surface area contributed by atoms with E-state index in [2.05, 4.69) is 0 Å². The van der Waals surface area contributed by atoms with Crippen molar-refractivity contribution in [1.29, 1.82) is 0 Å². The summed E-state index contributed by atoms with van der Waals surface area (Å²) >= 11 is 0. The van der Waals surface area contributed by atoms with Gasteiger partial charge in [0.2, 0.25) is 0 Å². The molecular formula is C12H20O4Zr. The van der Waals surface area contributed by atoms with Crippen LogP contribution in [0.4, 0.5) is 0 Å². The van der Waals surface area contributed by atoms with Crippen molar-refractivity contribution in [3.8, 4) is 0 Å². The van der Waals surface area contributed by atoms with Crippen molar-refractivity contribution >= 4 is 11.9 Å². The van der Waals surface area contributed by atoms with E-state index in [1.807, 2.05) is 13.8 Å². The average molecular weight is 320 g/mol. The van der Waals surface area contributed by atoms with Crippen molar-refractivity contribution in [2.45, 2.75) is 40.5 Å². The van der Waals surface area contributed by atoms with Crippen molar-refractivity contribution in [2.75, 3.05) is 13.2 Å². The van der Waals surface area contributed by atoms with Crippen LogP contribution in [0.2, 0.25) is 0 Å². The van der Waals surface area contributed by atoms with Gasteiger partial charge in [-0.2, -0.15) is 0 Å².